The lowest BCUT2D eigenvalue weighted by molar-refractivity contribution is 0.0915. The molecule has 1 aromatic heterocycles. The van der Waals surface area contributed by atoms with Crippen molar-refractivity contribution in [1.82, 2.24) is 25.5 Å². The first kappa shape index (κ1) is 14.4. The van der Waals surface area contributed by atoms with Gasteiger partial charge in [0.05, 0.1) is 17.3 Å². The van der Waals surface area contributed by atoms with Gasteiger partial charge in [0.1, 0.15) is 18.7 Å². The Morgan fingerprint density at radius 1 is 1.17 bits per heavy atom. The molecule has 24 heavy (non-hydrogen) atoms. The van der Waals surface area contributed by atoms with E-state index in [0.717, 1.165) is 17.7 Å². The lowest BCUT2D eigenvalue weighted by Gasteiger charge is -2.26. The molecule has 3 aromatic rings. The number of carbonyl (C=O) groups excluding carboxylic acids is 1. The maximum Gasteiger partial charge on any atom is 0.253 e. The van der Waals surface area contributed by atoms with Crippen LogP contribution in [-0.2, 0) is 6.42 Å². The van der Waals surface area contributed by atoms with Crippen LogP contribution in [0.15, 0.2) is 54.9 Å². The molecule has 2 aromatic carbocycles. The van der Waals surface area contributed by atoms with E-state index in [9.17, 15) is 4.79 Å². The number of para-hydroxylation sites is 2. The van der Waals surface area contributed by atoms with E-state index in [0.29, 0.717) is 17.9 Å². The average molecular weight is 321 g/mol. The van der Waals surface area contributed by atoms with Gasteiger partial charge in [-0.05, 0) is 40.6 Å². The standard InChI is InChI=1S/C17H15N5O2/c23-17(14-6-2-3-7-15(14)22-11-18-20-21-22)19-13-9-12-5-1-4-8-16(12)24-10-13/h1-8,11,13H,9-10H2,(H,19,23)/t13-/m1/s1. The number of rotatable bonds is 3. The van der Waals surface area contributed by atoms with Gasteiger partial charge in [0.15, 0.2) is 0 Å². The van der Waals surface area contributed by atoms with Crippen LogP contribution < -0.4 is 10.1 Å². The summed E-state index contributed by atoms with van der Waals surface area (Å²) in [5.74, 6) is 0.714. The Balaban J connectivity index is 1.54. The quantitative estimate of drug-likeness (QED) is 0.788. The van der Waals surface area contributed by atoms with Crippen molar-refractivity contribution in [2.24, 2.45) is 0 Å². The van der Waals surface area contributed by atoms with E-state index in [1.807, 2.05) is 36.4 Å². The maximum absolute atomic E-state index is 12.7. The zero-order chi connectivity index (χ0) is 16.4. The number of fused-ring (bicyclic) bond motifs is 1. The van der Waals surface area contributed by atoms with E-state index < -0.39 is 0 Å². The molecule has 1 N–H and O–H groups in total. The number of nitrogens with one attached hydrogen (secondary N) is 1. The molecule has 1 aliphatic rings. The maximum atomic E-state index is 12.7. The highest BCUT2D eigenvalue weighted by atomic mass is 16.5. The topological polar surface area (TPSA) is 81.9 Å². The molecule has 1 atom stereocenters. The molecule has 0 saturated heterocycles. The SMILES string of the molecule is O=C(N[C@H]1COc2ccccc2C1)c1ccccc1-n1cnnn1. The fourth-order valence-electron chi connectivity index (χ4n) is 2.82. The Labute approximate surface area is 138 Å². The molecule has 7 heteroatoms. The van der Waals surface area contributed by atoms with E-state index >= 15 is 0 Å². The van der Waals surface area contributed by atoms with E-state index in [1.54, 1.807) is 12.1 Å². The lowest BCUT2D eigenvalue weighted by atomic mass is 10.0. The van der Waals surface area contributed by atoms with Crippen molar-refractivity contribution in [3.8, 4) is 11.4 Å². The molecule has 7 nitrogen and oxygen atoms in total. The molecule has 1 aliphatic heterocycles. The van der Waals surface area contributed by atoms with Crippen LogP contribution in [0.1, 0.15) is 15.9 Å². The fraction of sp³-hybridized carbons (Fsp3) is 0.176. The number of ether oxygens (including phenoxy) is 1. The third-order valence-corrected chi connectivity index (χ3v) is 3.96. The van der Waals surface area contributed by atoms with Crippen LogP contribution in [0, 0.1) is 0 Å². The molecular weight excluding hydrogens is 306 g/mol. The van der Waals surface area contributed by atoms with Gasteiger partial charge in [-0.25, -0.2) is 0 Å². The number of nitrogens with zero attached hydrogens (tertiary/aromatic N) is 4. The van der Waals surface area contributed by atoms with Crippen molar-refractivity contribution in [3.05, 3.63) is 66.0 Å². The van der Waals surface area contributed by atoms with Crippen LogP contribution in [-0.4, -0.2) is 38.8 Å². The molecule has 1 amide bonds. The molecule has 4 rings (SSSR count). The Kier molecular flexibility index (Phi) is 3.66. The van der Waals surface area contributed by atoms with Crippen molar-refractivity contribution in [1.29, 1.82) is 0 Å². The summed E-state index contributed by atoms with van der Waals surface area (Å²) in [6.45, 7) is 0.454. The van der Waals surface area contributed by atoms with Crippen LogP contribution >= 0.6 is 0 Å². The smallest absolute Gasteiger partial charge is 0.253 e. The summed E-state index contributed by atoms with van der Waals surface area (Å²) < 4.78 is 7.20. The summed E-state index contributed by atoms with van der Waals surface area (Å²) >= 11 is 0. The van der Waals surface area contributed by atoms with Gasteiger partial charge in [-0.2, -0.15) is 4.68 Å². The first-order valence-corrected chi connectivity index (χ1v) is 7.65. The van der Waals surface area contributed by atoms with E-state index in [4.69, 9.17) is 4.74 Å². The second-order valence-electron chi connectivity index (χ2n) is 5.56. The van der Waals surface area contributed by atoms with Gasteiger partial charge in [-0.3, -0.25) is 4.79 Å². The summed E-state index contributed by atoms with van der Waals surface area (Å²) in [7, 11) is 0. The molecule has 120 valence electrons. The molecule has 0 saturated carbocycles. The highest BCUT2D eigenvalue weighted by Gasteiger charge is 2.23. The normalized spacial score (nSPS) is 16.1. The highest BCUT2D eigenvalue weighted by Crippen LogP contribution is 2.24. The van der Waals surface area contributed by atoms with Gasteiger partial charge in [0.25, 0.3) is 5.91 Å². The van der Waals surface area contributed by atoms with Gasteiger partial charge in [0, 0.05) is 0 Å². The van der Waals surface area contributed by atoms with Crippen molar-refractivity contribution in [2.75, 3.05) is 6.61 Å². The van der Waals surface area contributed by atoms with Crippen LogP contribution in [0.3, 0.4) is 0 Å². The second-order valence-corrected chi connectivity index (χ2v) is 5.56. The Bertz CT molecular complexity index is 863. The Hall–Kier alpha value is -3.22. The third kappa shape index (κ3) is 2.71. The molecule has 0 radical (unpaired) electrons. The third-order valence-electron chi connectivity index (χ3n) is 3.96. The summed E-state index contributed by atoms with van der Waals surface area (Å²) in [5.41, 5.74) is 2.25. The molecule has 0 fully saturated rings. The van der Waals surface area contributed by atoms with Gasteiger partial charge in [-0.15, -0.1) is 5.10 Å². The van der Waals surface area contributed by atoms with E-state index in [2.05, 4.69) is 20.8 Å². The number of amides is 1. The predicted molar refractivity (Wildman–Crippen MR) is 86.0 cm³/mol. The molecule has 0 unspecified atom stereocenters. The van der Waals surface area contributed by atoms with Gasteiger partial charge >= 0.3 is 0 Å². The first-order chi connectivity index (χ1) is 11.8. The molecular formula is C17H15N5O2. The number of hydrogen-bond acceptors (Lipinski definition) is 5. The predicted octanol–water partition coefficient (Wildman–Crippen LogP) is 1.40. The fourth-order valence-corrected chi connectivity index (χ4v) is 2.82. The Morgan fingerprint density at radius 3 is 2.88 bits per heavy atom. The van der Waals surface area contributed by atoms with E-state index in [1.165, 1.54) is 11.0 Å². The van der Waals surface area contributed by atoms with Crippen molar-refractivity contribution in [2.45, 2.75) is 12.5 Å². The number of tetrazole rings is 1. The average Bonchev–Trinajstić information content (AvgIpc) is 3.16. The van der Waals surface area contributed by atoms with Crippen LogP contribution in [0.4, 0.5) is 0 Å². The zero-order valence-corrected chi connectivity index (χ0v) is 12.8. The molecule has 0 aliphatic carbocycles. The number of aromatic nitrogens is 4. The monoisotopic (exact) mass is 321 g/mol. The van der Waals surface area contributed by atoms with Crippen LogP contribution in [0.2, 0.25) is 0 Å². The summed E-state index contributed by atoms with van der Waals surface area (Å²) in [4.78, 5) is 12.7. The van der Waals surface area contributed by atoms with E-state index in [-0.39, 0.29) is 11.9 Å². The lowest BCUT2D eigenvalue weighted by Crippen LogP contribution is -2.43. The minimum Gasteiger partial charge on any atom is -0.491 e. The molecule has 2 heterocycles. The van der Waals surface area contributed by atoms with Gasteiger partial charge in [-0.1, -0.05) is 30.3 Å². The second kappa shape index (κ2) is 6.11. The van der Waals surface area contributed by atoms with Crippen molar-refractivity contribution < 1.29 is 9.53 Å². The Morgan fingerprint density at radius 2 is 2.00 bits per heavy atom. The van der Waals surface area contributed by atoms with Crippen LogP contribution in [0.25, 0.3) is 5.69 Å². The number of carbonyl (C=O) groups is 1. The summed E-state index contributed by atoms with van der Waals surface area (Å²) in [5, 5.41) is 14.1. The van der Waals surface area contributed by atoms with Crippen molar-refractivity contribution in [3.63, 3.8) is 0 Å². The first-order valence-electron chi connectivity index (χ1n) is 7.65. The summed E-state index contributed by atoms with van der Waals surface area (Å²) in [6.07, 6.45) is 2.21. The molecule has 0 spiro atoms. The number of benzene rings is 2. The van der Waals surface area contributed by atoms with Crippen LogP contribution in [0.5, 0.6) is 5.75 Å². The highest BCUT2D eigenvalue weighted by molar-refractivity contribution is 5.97. The summed E-state index contributed by atoms with van der Waals surface area (Å²) in [6, 6.07) is 15.0. The minimum atomic E-state index is -0.172. The minimum absolute atomic E-state index is 0.0747. The van der Waals surface area contributed by atoms with Crippen molar-refractivity contribution >= 4 is 5.91 Å². The van der Waals surface area contributed by atoms with Gasteiger partial charge in [0.2, 0.25) is 0 Å². The zero-order valence-electron chi connectivity index (χ0n) is 12.8. The van der Waals surface area contributed by atoms with Gasteiger partial charge < -0.3 is 10.1 Å². The number of hydrogen-bond donors (Lipinski definition) is 1. The largest absolute Gasteiger partial charge is 0.491 e. The molecule has 0 bridgehead atoms.